The predicted molar refractivity (Wildman–Crippen MR) is 124 cm³/mol. The zero-order chi connectivity index (χ0) is 24.0. The van der Waals surface area contributed by atoms with Crippen molar-refractivity contribution < 1.29 is 23.5 Å². The standard InChI is InChI=1S/C14H8FNO2.C9H16N2O2.C2H6/c15-11-5-6-12-13(7-11)18-14(16-12)10-3-1-9(8-17)2-4-10;1-10-4-6-11(7-5-10)8(12)9(13)2-3-9;1-2/h1-8H;13H,2-7H2,1H3;1-2H3. The molecule has 1 amide bonds. The van der Waals surface area contributed by atoms with Gasteiger partial charge in [-0.1, -0.05) is 26.0 Å². The Hall–Kier alpha value is -3.10. The Morgan fingerprint density at radius 2 is 1.73 bits per heavy atom. The van der Waals surface area contributed by atoms with Gasteiger partial charge in [-0.3, -0.25) is 9.59 Å². The number of hydrogen-bond donors (Lipinski definition) is 1. The monoisotopic (exact) mass is 455 g/mol. The van der Waals surface area contributed by atoms with Gasteiger partial charge >= 0.3 is 0 Å². The quantitative estimate of drug-likeness (QED) is 0.605. The maximum atomic E-state index is 13.0. The van der Waals surface area contributed by atoms with Crippen molar-refractivity contribution in [3.05, 3.63) is 53.8 Å². The van der Waals surface area contributed by atoms with Gasteiger partial charge in [-0.15, -0.1) is 0 Å². The summed E-state index contributed by atoms with van der Waals surface area (Å²) in [5, 5.41) is 9.61. The van der Waals surface area contributed by atoms with E-state index in [9.17, 15) is 19.1 Å². The number of fused-ring (bicyclic) bond motifs is 1. The first-order valence-electron chi connectivity index (χ1n) is 11.2. The smallest absolute Gasteiger partial charge is 0.254 e. The van der Waals surface area contributed by atoms with Gasteiger partial charge in [0.15, 0.2) is 5.58 Å². The fourth-order valence-electron chi connectivity index (χ4n) is 3.36. The molecule has 2 fully saturated rings. The Bertz CT molecular complexity index is 1080. The molecule has 33 heavy (non-hydrogen) atoms. The van der Waals surface area contributed by atoms with E-state index >= 15 is 0 Å². The molecular weight excluding hydrogens is 425 g/mol. The highest BCUT2D eigenvalue weighted by Crippen LogP contribution is 2.37. The number of carbonyl (C=O) groups excluding carboxylic acids is 2. The first kappa shape index (κ1) is 24.5. The Morgan fingerprint density at radius 1 is 1.09 bits per heavy atom. The molecule has 1 aliphatic carbocycles. The van der Waals surface area contributed by atoms with Crippen LogP contribution in [0.1, 0.15) is 37.0 Å². The lowest BCUT2D eigenvalue weighted by Gasteiger charge is -2.33. The summed E-state index contributed by atoms with van der Waals surface area (Å²) in [6.07, 6.45) is 2.07. The van der Waals surface area contributed by atoms with E-state index in [1.54, 1.807) is 35.2 Å². The summed E-state index contributed by atoms with van der Waals surface area (Å²) in [7, 11) is 2.05. The first-order valence-corrected chi connectivity index (χ1v) is 11.2. The van der Waals surface area contributed by atoms with E-state index in [-0.39, 0.29) is 11.7 Å². The van der Waals surface area contributed by atoms with E-state index in [2.05, 4.69) is 9.88 Å². The topological polar surface area (TPSA) is 86.9 Å². The van der Waals surface area contributed by atoms with E-state index in [1.165, 1.54) is 12.1 Å². The van der Waals surface area contributed by atoms with Crippen molar-refractivity contribution in [3.63, 3.8) is 0 Å². The van der Waals surface area contributed by atoms with Crippen LogP contribution >= 0.6 is 0 Å². The van der Waals surface area contributed by atoms with Crippen LogP contribution in [0.15, 0.2) is 46.9 Å². The van der Waals surface area contributed by atoms with Crippen LogP contribution in [0.3, 0.4) is 0 Å². The lowest BCUT2D eigenvalue weighted by Crippen LogP contribution is -2.51. The molecular formula is C25H30FN3O4. The zero-order valence-electron chi connectivity index (χ0n) is 19.3. The molecule has 0 bridgehead atoms. The Morgan fingerprint density at radius 3 is 2.30 bits per heavy atom. The van der Waals surface area contributed by atoms with Gasteiger partial charge in [0.2, 0.25) is 5.89 Å². The maximum Gasteiger partial charge on any atom is 0.254 e. The van der Waals surface area contributed by atoms with Gasteiger partial charge in [0.05, 0.1) is 0 Å². The van der Waals surface area contributed by atoms with Gasteiger partial charge in [-0.05, 0) is 44.2 Å². The predicted octanol–water partition coefficient (Wildman–Crippen LogP) is 3.76. The summed E-state index contributed by atoms with van der Waals surface area (Å²) in [5.41, 5.74) is 1.36. The third-order valence-electron chi connectivity index (χ3n) is 5.56. The van der Waals surface area contributed by atoms with Crippen molar-refractivity contribution in [2.45, 2.75) is 32.3 Å². The molecule has 1 N–H and O–H groups in total. The molecule has 2 aromatic carbocycles. The molecule has 0 atom stereocenters. The largest absolute Gasteiger partial charge is 0.436 e. The molecule has 1 aliphatic heterocycles. The van der Waals surface area contributed by atoms with Crippen LogP contribution < -0.4 is 0 Å². The number of oxazole rings is 1. The second-order valence-corrected chi connectivity index (χ2v) is 8.00. The van der Waals surface area contributed by atoms with Crippen molar-refractivity contribution in [1.82, 2.24) is 14.8 Å². The molecule has 3 aromatic rings. The molecule has 2 heterocycles. The van der Waals surface area contributed by atoms with Gasteiger partial charge in [-0.2, -0.15) is 0 Å². The van der Waals surface area contributed by atoms with E-state index in [4.69, 9.17) is 4.42 Å². The number of nitrogens with zero attached hydrogens (tertiary/aromatic N) is 3. The molecule has 1 aromatic heterocycles. The third kappa shape index (κ3) is 6.03. The number of piperazine rings is 1. The summed E-state index contributed by atoms with van der Waals surface area (Å²) in [5.74, 6) is -0.00449. The van der Waals surface area contributed by atoms with Crippen LogP contribution in [0, 0.1) is 5.82 Å². The minimum absolute atomic E-state index is 0.0550. The fourth-order valence-corrected chi connectivity index (χ4v) is 3.36. The number of halogens is 1. The summed E-state index contributed by atoms with van der Waals surface area (Å²) in [4.78, 5) is 30.4. The van der Waals surface area contributed by atoms with Gasteiger partial charge in [0, 0.05) is 43.4 Å². The number of rotatable bonds is 3. The van der Waals surface area contributed by atoms with Crippen LogP contribution in [0.25, 0.3) is 22.6 Å². The normalized spacial score (nSPS) is 16.8. The number of benzene rings is 2. The average molecular weight is 456 g/mol. The van der Waals surface area contributed by atoms with E-state index < -0.39 is 5.60 Å². The molecule has 1 saturated carbocycles. The lowest BCUT2D eigenvalue weighted by atomic mass is 10.1. The number of likely N-dealkylation sites (N-methyl/N-ethyl adjacent to an activating group) is 1. The SMILES string of the molecule is CC.CN1CCN(C(=O)C2(O)CC2)CC1.O=Cc1ccc(-c2nc3ccc(F)cc3o2)cc1. The van der Waals surface area contributed by atoms with Crippen LogP contribution in [-0.2, 0) is 4.79 Å². The van der Waals surface area contributed by atoms with Crippen LogP contribution in [0.5, 0.6) is 0 Å². The van der Waals surface area contributed by atoms with E-state index in [1.807, 2.05) is 20.9 Å². The molecule has 1 saturated heterocycles. The highest BCUT2D eigenvalue weighted by atomic mass is 19.1. The van der Waals surface area contributed by atoms with E-state index in [0.717, 1.165) is 38.0 Å². The minimum Gasteiger partial charge on any atom is -0.436 e. The van der Waals surface area contributed by atoms with Gasteiger partial charge in [0.25, 0.3) is 5.91 Å². The Balaban J connectivity index is 0.000000181. The van der Waals surface area contributed by atoms with Crippen LogP contribution in [0.4, 0.5) is 4.39 Å². The van der Waals surface area contributed by atoms with Crippen LogP contribution in [0.2, 0.25) is 0 Å². The summed E-state index contributed by atoms with van der Waals surface area (Å²) in [6.45, 7) is 7.36. The number of hydrogen-bond acceptors (Lipinski definition) is 6. The molecule has 0 unspecified atom stereocenters. The van der Waals surface area contributed by atoms with E-state index in [0.29, 0.717) is 35.4 Å². The molecule has 8 heteroatoms. The second-order valence-electron chi connectivity index (χ2n) is 8.00. The third-order valence-corrected chi connectivity index (χ3v) is 5.56. The summed E-state index contributed by atoms with van der Waals surface area (Å²) >= 11 is 0. The Kier molecular flexibility index (Phi) is 7.94. The van der Waals surface area contributed by atoms with Crippen molar-refractivity contribution in [2.24, 2.45) is 0 Å². The van der Waals surface area contributed by atoms with Crippen molar-refractivity contribution in [3.8, 4) is 11.5 Å². The lowest BCUT2D eigenvalue weighted by molar-refractivity contribution is -0.144. The molecule has 176 valence electrons. The molecule has 7 nitrogen and oxygen atoms in total. The van der Waals surface area contributed by atoms with Crippen molar-refractivity contribution in [1.29, 1.82) is 0 Å². The zero-order valence-corrected chi connectivity index (χ0v) is 19.3. The van der Waals surface area contributed by atoms with Gasteiger partial charge < -0.3 is 19.3 Å². The summed E-state index contributed by atoms with van der Waals surface area (Å²) < 4.78 is 18.5. The molecule has 0 spiro atoms. The first-order chi connectivity index (χ1) is 15.9. The van der Waals surface area contributed by atoms with Crippen molar-refractivity contribution >= 4 is 23.3 Å². The van der Waals surface area contributed by atoms with Crippen LogP contribution in [-0.4, -0.2) is 70.9 Å². The number of aliphatic hydroxyl groups is 1. The minimum atomic E-state index is -0.976. The average Bonchev–Trinajstić information content (AvgIpc) is 3.46. The Labute approximate surface area is 192 Å². The highest BCUT2D eigenvalue weighted by Gasteiger charge is 2.50. The summed E-state index contributed by atoms with van der Waals surface area (Å²) in [6, 6.07) is 11.0. The molecule has 2 aliphatic rings. The number of aldehydes is 1. The molecule has 0 radical (unpaired) electrons. The molecule has 5 rings (SSSR count). The maximum absolute atomic E-state index is 13.0. The fraction of sp³-hybridized carbons (Fsp3) is 0.400. The number of carbonyl (C=O) groups is 2. The number of aromatic nitrogens is 1. The van der Waals surface area contributed by atoms with Crippen molar-refractivity contribution in [2.75, 3.05) is 33.2 Å². The second kappa shape index (κ2) is 10.7. The van der Waals surface area contributed by atoms with Gasteiger partial charge in [-0.25, -0.2) is 9.37 Å². The highest BCUT2D eigenvalue weighted by molar-refractivity contribution is 5.87. The van der Waals surface area contributed by atoms with Gasteiger partial charge in [0.1, 0.15) is 23.2 Å². The number of amides is 1.